The average molecular weight is 238 g/mol. The summed E-state index contributed by atoms with van der Waals surface area (Å²) < 4.78 is 1.49. The zero-order valence-corrected chi connectivity index (χ0v) is 10.2. The number of hydrogen-bond donors (Lipinski definition) is 1. The molecule has 0 saturated heterocycles. The zero-order valence-electron chi connectivity index (χ0n) is 9.34. The molecule has 7 heteroatoms. The fourth-order valence-electron chi connectivity index (χ4n) is 1.36. The van der Waals surface area contributed by atoms with Crippen LogP contribution in [0.5, 0.6) is 0 Å². The van der Waals surface area contributed by atoms with Crippen molar-refractivity contribution in [1.82, 2.24) is 24.6 Å². The summed E-state index contributed by atoms with van der Waals surface area (Å²) in [6, 6.07) is 0. The van der Waals surface area contributed by atoms with Crippen molar-refractivity contribution in [1.29, 1.82) is 0 Å². The minimum absolute atomic E-state index is 0.338. The predicted molar refractivity (Wildman–Crippen MR) is 63.4 cm³/mol. The largest absolute Gasteiger partial charge is 0.368 e. The Bertz CT molecular complexity index is 494. The van der Waals surface area contributed by atoms with Crippen LogP contribution in [0.25, 0.3) is 5.78 Å². The summed E-state index contributed by atoms with van der Waals surface area (Å²) in [5.74, 6) is 1.65. The standard InChI is InChI=1S/C9H14N6S/c1-3-4-5-6-11-8-13-9(16-2)12-7(10)15(8)14-6/h3-5H2,1-2H3,(H2,10,11,12,13,14). The van der Waals surface area contributed by atoms with Crippen LogP contribution in [0.3, 0.4) is 0 Å². The van der Waals surface area contributed by atoms with Crippen LogP contribution in [-0.4, -0.2) is 30.8 Å². The third-order valence-electron chi connectivity index (χ3n) is 2.19. The Morgan fingerprint density at radius 3 is 2.81 bits per heavy atom. The molecule has 0 saturated carbocycles. The van der Waals surface area contributed by atoms with Gasteiger partial charge in [-0.15, -0.1) is 5.10 Å². The molecule has 0 aliphatic heterocycles. The van der Waals surface area contributed by atoms with E-state index in [4.69, 9.17) is 5.73 Å². The Hall–Kier alpha value is -1.37. The van der Waals surface area contributed by atoms with E-state index >= 15 is 0 Å². The summed E-state index contributed by atoms with van der Waals surface area (Å²) in [6.07, 6.45) is 4.94. The monoisotopic (exact) mass is 238 g/mol. The van der Waals surface area contributed by atoms with Crippen molar-refractivity contribution in [2.24, 2.45) is 0 Å². The Kier molecular flexibility index (Phi) is 3.23. The van der Waals surface area contributed by atoms with Crippen molar-refractivity contribution in [3.8, 4) is 0 Å². The van der Waals surface area contributed by atoms with Gasteiger partial charge in [-0.05, 0) is 12.7 Å². The van der Waals surface area contributed by atoms with Gasteiger partial charge in [0.1, 0.15) is 0 Å². The van der Waals surface area contributed by atoms with E-state index in [1.807, 2.05) is 6.26 Å². The van der Waals surface area contributed by atoms with Crippen LogP contribution >= 0.6 is 11.8 Å². The lowest BCUT2D eigenvalue weighted by molar-refractivity contribution is 0.745. The van der Waals surface area contributed by atoms with E-state index in [0.717, 1.165) is 25.1 Å². The molecular weight excluding hydrogens is 224 g/mol. The maximum Gasteiger partial charge on any atom is 0.258 e. The van der Waals surface area contributed by atoms with Crippen LogP contribution in [-0.2, 0) is 6.42 Å². The fraction of sp³-hybridized carbons (Fsp3) is 0.556. The molecule has 2 aromatic rings. The number of fused-ring (bicyclic) bond motifs is 1. The van der Waals surface area contributed by atoms with Crippen molar-refractivity contribution in [3.05, 3.63) is 5.82 Å². The van der Waals surface area contributed by atoms with Gasteiger partial charge in [-0.3, -0.25) is 0 Å². The molecule has 0 aliphatic carbocycles. The lowest BCUT2D eigenvalue weighted by atomic mass is 10.2. The molecule has 0 aliphatic rings. The van der Waals surface area contributed by atoms with Crippen molar-refractivity contribution in [2.45, 2.75) is 31.3 Å². The molecule has 0 unspecified atom stereocenters. The molecule has 2 N–H and O–H groups in total. The summed E-state index contributed by atoms with van der Waals surface area (Å²) >= 11 is 1.44. The Labute approximate surface area is 97.7 Å². The Morgan fingerprint density at radius 1 is 1.31 bits per heavy atom. The smallest absolute Gasteiger partial charge is 0.258 e. The maximum atomic E-state index is 5.77. The second-order valence-electron chi connectivity index (χ2n) is 3.41. The molecule has 0 spiro atoms. The molecule has 0 amide bonds. The number of aromatic nitrogens is 5. The SMILES string of the molecule is CCCCc1nc2nc(SC)nc(N)n2n1. The highest BCUT2D eigenvalue weighted by molar-refractivity contribution is 7.98. The highest BCUT2D eigenvalue weighted by Crippen LogP contribution is 2.12. The van der Waals surface area contributed by atoms with Gasteiger partial charge in [0, 0.05) is 6.42 Å². The van der Waals surface area contributed by atoms with Crippen molar-refractivity contribution in [2.75, 3.05) is 12.0 Å². The minimum atomic E-state index is 0.338. The molecule has 2 aromatic heterocycles. The molecule has 6 nitrogen and oxygen atoms in total. The first-order valence-electron chi connectivity index (χ1n) is 5.17. The topological polar surface area (TPSA) is 82.0 Å². The summed E-state index contributed by atoms with van der Waals surface area (Å²) in [7, 11) is 0. The van der Waals surface area contributed by atoms with E-state index in [1.165, 1.54) is 16.3 Å². The van der Waals surface area contributed by atoms with Crippen LogP contribution in [0.1, 0.15) is 25.6 Å². The molecule has 0 aromatic carbocycles. The molecule has 16 heavy (non-hydrogen) atoms. The number of nitrogens with zero attached hydrogens (tertiary/aromatic N) is 5. The molecule has 2 heterocycles. The number of nitrogens with two attached hydrogens (primary N) is 1. The van der Waals surface area contributed by atoms with Gasteiger partial charge >= 0.3 is 0 Å². The van der Waals surface area contributed by atoms with E-state index in [0.29, 0.717) is 16.9 Å². The number of thioether (sulfide) groups is 1. The number of nitrogen functional groups attached to an aromatic ring is 1. The van der Waals surface area contributed by atoms with Gasteiger partial charge in [0.05, 0.1) is 0 Å². The summed E-state index contributed by atoms with van der Waals surface area (Å²) in [5, 5.41) is 4.90. The van der Waals surface area contributed by atoms with E-state index in [1.54, 1.807) is 0 Å². The number of aryl methyl sites for hydroxylation is 1. The first kappa shape index (κ1) is 11.1. The Morgan fingerprint density at radius 2 is 2.12 bits per heavy atom. The van der Waals surface area contributed by atoms with Crippen LogP contribution in [0.15, 0.2) is 5.16 Å². The second-order valence-corrected chi connectivity index (χ2v) is 4.19. The fourth-order valence-corrected chi connectivity index (χ4v) is 1.72. The van der Waals surface area contributed by atoms with Gasteiger partial charge in [0.25, 0.3) is 5.78 Å². The van der Waals surface area contributed by atoms with Crippen molar-refractivity contribution < 1.29 is 0 Å². The summed E-state index contributed by atoms with van der Waals surface area (Å²) in [5.41, 5.74) is 5.77. The third kappa shape index (κ3) is 2.08. The molecule has 2 rings (SSSR count). The molecule has 0 atom stereocenters. The quantitative estimate of drug-likeness (QED) is 0.805. The summed E-state index contributed by atoms with van der Waals surface area (Å²) in [6.45, 7) is 2.13. The van der Waals surface area contributed by atoms with E-state index in [9.17, 15) is 0 Å². The lowest BCUT2D eigenvalue weighted by Gasteiger charge is -1.97. The first-order valence-corrected chi connectivity index (χ1v) is 6.40. The molecule has 0 fully saturated rings. The van der Waals surface area contributed by atoms with Crippen LogP contribution in [0.2, 0.25) is 0 Å². The number of unbranched alkanes of at least 4 members (excludes halogenated alkanes) is 1. The highest BCUT2D eigenvalue weighted by Gasteiger charge is 2.09. The molecule has 0 bridgehead atoms. The molecular formula is C9H14N6S. The van der Waals surface area contributed by atoms with Gasteiger partial charge in [0.2, 0.25) is 5.95 Å². The third-order valence-corrected chi connectivity index (χ3v) is 2.74. The predicted octanol–water partition coefficient (Wildman–Crippen LogP) is 1.17. The van der Waals surface area contributed by atoms with Gasteiger partial charge in [0.15, 0.2) is 11.0 Å². The van der Waals surface area contributed by atoms with Crippen LogP contribution in [0, 0.1) is 0 Å². The second kappa shape index (κ2) is 4.65. The van der Waals surface area contributed by atoms with Gasteiger partial charge in [-0.1, -0.05) is 25.1 Å². The molecule has 86 valence electrons. The average Bonchev–Trinajstić information content (AvgIpc) is 2.69. The van der Waals surface area contributed by atoms with Gasteiger partial charge in [-0.2, -0.15) is 19.5 Å². The molecule has 0 radical (unpaired) electrons. The zero-order chi connectivity index (χ0) is 11.5. The number of hydrogen-bond acceptors (Lipinski definition) is 6. The summed E-state index contributed by atoms with van der Waals surface area (Å²) in [4.78, 5) is 12.7. The Balaban J connectivity index is 2.40. The van der Waals surface area contributed by atoms with E-state index < -0.39 is 0 Å². The normalized spacial score (nSPS) is 11.1. The van der Waals surface area contributed by atoms with Crippen LogP contribution in [0.4, 0.5) is 5.95 Å². The van der Waals surface area contributed by atoms with Gasteiger partial charge < -0.3 is 5.73 Å². The van der Waals surface area contributed by atoms with E-state index in [-0.39, 0.29) is 0 Å². The lowest BCUT2D eigenvalue weighted by Crippen LogP contribution is -2.04. The van der Waals surface area contributed by atoms with Crippen LogP contribution < -0.4 is 5.73 Å². The first-order chi connectivity index (χ1) is 7.74. The number of anilines is 1. The van der Waals surface area contributed by atoms with E-state index in [2.05, 4.69) is 27.0 Å². The van der Waals surface area contributed by atoms with Crippen molar-refractivity contribution >= 4 is 23.5 Å². The minimum Gasteiger partial charge on any atom is -0.368 e. The number of rotatable bonds is 4. The van der Waals surface area contributed by atoms with Crippen molar-refractivity contribution in [3.63, 3.8) is 0 Å². The van der Waals surface area contributed by atoms with Gasteiger partial charge in [-0.25, -0.2) is 0 Å². The maximum absolute atomic E-state index is 5.77. The highest BCUT2D eigenvalue weighted by atomic mass is 32.2.